The number of rotatable bonds is 9. The molecule has 1 fully saturated rings. The third-order valence-corrected chi connectivity index (χ3v) is 5.84. The number of esters is 1. The van der Waals surface area contributed by atoms with Crippen LogP contribution in [0.1, 0.15) is 34.0 Å². The molecule has 0 spiro atoms. The number of carbonyl (C=O) groups is 4. The zero-order valence-corrected chi connectivity index (χ0v) is 19.9. The molecule has 1 N–H and O–H groups in total. The van der Waals surface area contributed by atoms with E-state index in [1.54, 1.807) is 36.1 Å². The Balaban J connectivity index is 1.40. The SMILES string of the molecule is C[C@H](OC(=O)c1ccc(CN2C(=O)CNC2=O)cc1)C(=O)N(Cc1ccccc1)Cc1ccccc1. The highest BCUT2D eigenvalue weighted by molar-refractivity contribution is 6.01. The average molecular weight is 486 g/mol. The van der Waals surface area contributed by atoms with Crippen LogP contribution in [0.3, 0.4) is 0 Å². The van der Waals surface area contributed by atoms with Crippen LogP contribution < -0.4 is 5.32 Å². The van der Waals surface area contributed by atoms with Gasteiger partial charge in [-0.1, -0.05) is 72.8 Å². The van der Waals surface area contributed by atoms with Gasteiger partial charge in [-0.25, -0.2) is 9.59 Å². The van der Waals surface area contributed by atoms with Crippen LogP contribution in [0.2, 0.25) is 0 Å². The number of hydrogen-bond donors (Lipinski definition) is 1. The smallest absolute Gasteiger partial charge is 0.338 e. The molecule has 36 heavy (non-hydrogen) atoms. The zero-order chi connectivity index (χ0) is 25.5. The third-order valence-electron chi connectivity index (χ3n) is 5.84. The molecule has 0 unspecified atom stereocenters. The monoisotopic (exact) mass is 485 g/mol. The van der Waals surface area contributed by atoms with Crippen LogP contribution in [0.25, 0.3) is 0 Å². The number of imide groups is 1. The normalized spacial score (nSPS) is 13.8. The number of hydrogen-bond acceptors (Lipinski definition) is 5. The van der Waals surface area contributed by atoms with E-state index in [9.17, 15) is 19.2 Å². The molecule has 0 saturated carbocycles. The van der Waals surface area contributed by atoms with E-state index in [1.807, 2.05) is 60.7 Å². The average Bonchev–Trinajstić information content (AvgIpc) is 3.21. The molecule has 184 valence electrons. The lowest BCUT2D eigenvalue weighted by Crippen LogP contribution is -2.39. The number of urea groups is 1. The quantitative estimate of drug-likeness (QED) is 0.370. The number of benzene rings is 3. The summed E-state index contributed by atoms with van der Waals surface area (Å²) in [6.45, 7) is 2.43. The van der Waals surface area contributed by atoms with E-state index in [1.165, 1.54) is 0 Å². The van der Waals surface area contributed by atoms with Gasteiger partial charge in [-0.15, -0.1) is 0 Å². The first-order valence-corrected chi connectivity index (χ1v) is 11.7. The molecule has 8 heteroatoms. The summed E-state index contributed by atoms with van der Waals surface area (Å²) < 4.78 is 5.50. The van der Waals surface area contributed by atoms with Gasteiger partial charge in [-0.3, -0.25) is 14.5 Å². The molecule has 4 rings (SSSR count). The molecular formula is C28H27N3O5. The van der Waals surface area contributed by atoms with E-state index < -0.39 is 18.1 Å². The number of ether oxygens (including phenoxy) is 1. The zero-order valence-electron chi connectivity index (χ0n) is 19.9. The molecule has 1 aliphatic heterocycles. The van der Waals surface area contributed by atoms with Gasteiger partial charge in [0.25, 0.3) is 5.91 Å². The van der Waals surface area contributed by atoms with Crippen molar-refractivity contribution in [3.63, 3.8) is 0 Å². The maximum Gasteiger partial charge on any atom is 0.338 e. The Morgan fingerprint density at radius 2 is 1.42 bits per heavy atom. The Bertz CT molecular complexity index is 1170. The van der Waals surface area contributed by atoms with E-state index in [-0.39, 0.29) is 30.5 Å². The van der Waals surface area contributed by atoms with E-state index in [0.29, 0.717) is 18.7 Å². The maximum absolute atomic E-state index is 13.3. The molecule has 1 saturated heterocycles. The highest BCUT2D eigenvalue weighted by Gasteiger charge is 2.28. The van der Waals surface area contributed by atoms with E-state index in [4.69, 9.17) is 4.74 Å². The minimum atomic E-state index is -0.990. The maximum atomic E-state index is 13.3. The van der Waals surface area contributed by atoms with Crippen molar-refractivity contribution in [2.45, 2.75) is 32.7 Å². The van der Waals surface area contributed by atoms with Gasteiger partial charge >= 0.3 is 12.0 Å². The Kier molecular flexibility index (Phi) is 7.75. The molecule has 0 aromatic heterocycles. The second-order valence-corrected chi connectivity index (χ2v) is 8.55. The summed E-state index contributed by atoms with van der Waals surface area (Å²) in [6, 6.07) is 25.3. The molecule has 0 aliphatic carbocycles. The predicted octanol–water partition coefficient (Wildman–Crippen LogP) is 3.51. The van der Waals surface area contributed by atoms with Crippen LogP contribution in [-0.4, -0.2) is 46.3 Å². The number of nitrogens with one attached hydrogen (secondary N) is 1. The van der Waals surface area contributed by atoms with Crippen LogP contribution in [0.15, 0.2) is 84.9 Å². The lowest BCUT2D eigenvalue weighted by atomic mass is 10.1. The largest absolute Gasteiger partial charge is 0.449 e. The Labute approximate surface area is 209 Å². The third kappa shape index (κ3) is 6.15. The number of carbonyl (C=O) groups excluding carboxylic acids is 4. The van der Waals surface area contributed by atoms with Gasteiger partial charge in [0.2, 0.25) is 5.91 Å². The Hall–Kier alpha value is -4.46. The van der Waals surface area contributed by atoms with Crippen molar-refractivity contribution >= 4 is 23.8 Å². The Morgan fingerprint density at radius 1 is 0.861 bits per heavy atom. The summed E-state index contributed by atoms with van der Waals surface area (Å²) in [5.41, 5.74) is 2.91. The molecule has 3 aromatic rings. The fourth-order valence-electron chi connectivity index (χ4n) is 3.90. The predicted molar refractivity (Wildman–Crippen MR) is 132 cm³/mol. The molecule has 1 atom stereocenters. The van der Waals surface area contributed by atoms with Crippen LogP contribution in [0, 0.1) is 0 Å². The molecule has 1 aliphatic rings. The molecule has 8 nitrogen and oxygen atoms in total. The number of amides is 4. The van der Waals surface area contributed by atoms with Crippen LogP contribution in [0.4, 0.5) is 4.79 Å². The second kappa shape index (κ2) is 11.3. The lowest BCUT2D eigenvalue weighted by Gasteiger charge is -2.26. The summed E-state index contributed by atoms with van der Waals surface area (Å²) in [6.07, 6.45) is -0.990. The number of nitrogens with zero attached hydrogens (tertiary/aromatic N) is 2. The van der Waals surface area contributed by atoms with Gasteiger partial charge in [0.1, 0.15) is 0 Å². The van der Waals surface area contributed by atoms with Gasteiger partial charge in [0.15, 0.2) is 6.10 Å². The summed E-state index contributed by atoms with van der Waals surface area (Å²) >= 11 is 0. The van der Waals surface area contributed by atoms with Crippen LogP contribution in [-0.2, 0) is 34.0 Å². The van der Waals surface area contributed by atoms with Crippen molar-refractivity contribution in [3.8, 4) is 0 Å². The van der Waals surface area contributed by atoms with Crippen LogP contribution in [0.5, 0.6) is 0 Å². The van der Waals surface area contributed by atoms with Gasteiger partial charge in [-0.2, -0.15) is 0 Å². The molecule has 4 amide bonds. The topological polar surface area (TPSA) is 96.0 Å². The van der Waals surface area contributed by atoms with E-state index in [0.717, 1.165) is 16.0 Å². The first kappa shape index (κ1) is 24.7. The van der Waals surface area contributed by atoms with Gasteiger partial charge in [-0.05, 0) is 35.7 Å². The first-order valence-electron chi connectivity index (χ1n) is 11.7. The lowest BCUT2D eigenvalue weighted by molar-refractivity contribution is -0.141. The van der Waals surface area contributed by atoms with Gasteiger partial charge in [0, 0.05) is 13.1 Å². The van der Waals surface area contributed by atoms with E-state index in [2.05, 4.69) is 5.32 Å². The molecule has 3 aromatic carbocycles. The minimum Gasteiger partial charge on any atom is -0.449 e. The van der Waals surface area contributed by atoms with Crippen molar-refractivity contribution in [2.75, 3.05) is 6.54 Å². The Morgan fingerprint density at radius 3 is 1.92 bits per heavy atom. The summed E-state index contributed by atoms with van der Waals surface area (Å²) in [5, 5.41) is 2.47. The fourth-order valence-corrected chi connectivity index (χ4v) is 3.90. The molecular weight excluding hydrogens is 458 g/mol. The van der Waals surface area contributed by atoms with Crippen LogP contribution >= 0.6 is 0 Å². The van der Waals surface area contributed by atoms with Gasteiger partial charge in [0.05, 0.1) is 18.7 Å². The molecule has 1 heterocycles. The van der Waals surface area contributed by atoms with Crippen molar-refractivity contribution in [1.82, 2.24) is 15.1 Å². The van der Waals surface area contributed by atoms with Crippen molar-refractivity contribution < 1.29 is 23.9 Å². The van der Waals surface area contributed by atoms with Crippen molar-refractivity contribution in [3.05, 3.63) is 107 Å². The fraction of sp³-hybridized carbons (Fsp3) is 0.214. The standard InChI is InChI=1S/C28H27N3O5/c1-20(26(33)30(17-21-8-4-2-5-9-21)18-22-10-6-3-7-11-22)36-27(34)24-14-12-23(13-15-24)19-31-25(32)16-29-28(31)35/h2-15,20H,16-19H2,1H3,(H,29,35)/t20-/m0/s1. The first-order chi connectivity index (χ1) is 17.4. The highest BCUT2D eigenvalue weighted by Crippen LogP contribution is 2.15. The second-order valence-electron chi connectivity index (χ2n) is 8.55. The molecule has 0 radical (unpaired) electrons. The van der Waals surface area contributed by atoms with Gasteiger partial charge < -0.3 is 15.0 Å². The van der Waals surface area contributed by atoms with Crippen molar-refractivity contribution in [1.29, 1.82) is 0 Å². The minimum absolute atomic E-state index is 0.0132. The summed E-state index contributed by atoms with van der Waals surface area (Å²) in [7, 11) is 0. The summed E-state index contributed by atoms with van der Waals surface area (Å²) in [4.78, 5) is 52.3. The van der Waals surface area contributed by atoms with Crippen molar-refractivity contribution in [2.24, 2.45) is 0 Å². The van der Waals surface area contributed by atoms with E-state index >= 15 is 0 Å². The molecule has 0 bridgehead atoms. The summed E-state index contributed by atoms with van der Waals surface area (Å²) in [5.74, 6) is -1.23. The highest BCUT2D eigenvalue weighted by atomic mass is 16.5.